The normalized spacial score (nSPS) is 29.1. The molecule has 2 aliphatic carbocycles. The van der Waals surface area contributed by atoms with Crippen molar-refractivity contribution in [1.82, 2.24) is 9.80 Å². The van der Waals surface area contributed by atoms with Gasteiger partial charge in [0.15, 0.2) is 5.67 Å². The van der Waals surface area contributed by atoms with Gasteiger partial charge in [0.25, 0.3) is 5.91 Å². The molecule has 1 unspecified atom stereocenters. The smallest absolute Gasteiger partial charge is 0.260 e. The molecule has 1 amide bonds. The Morgan fingerprint density at radius 1 is 1.11 bits per heavy atom. The Labute approximate surface area is 164 Å². The SMILES string of the molecule is O=C(N1CC2(CCC(N3CCC(c4cc(F)ccc4O)CC3)C2)C1)C1(F)CC1. The lowest BCUT2D eigenvalue weighted by molar-refractivity contribution is -0.150. The van der Waals surface area contributed by atoms with Crippen LogP contribution in [0.3, 0.4) is 0 Å². The topological polar surface area (TPSA) is 43.8 Å². The minimum atomic E-state index is -1.54. The van der Waals surface area contributed by atoms with Crippen LogP contribution < -0.4 is 0 Å². The summed E-state index contributed by atoms with van der Waals surface area (Å²) in [4.78, 5) is 16.4. The van der Waals surface area contributed by atoms with E-state index in [1.54, 1.807) is 4.90 Å². The van der Waals surface area contributed by atoms with Crippen LogP contribution in [-0.4, -0.2) is 58.7 Å². The summed E-state index contributed by atoms with van der Waals surface area (Å²) in [6, 6.07) is 4.74. The first kappa shape index (κ1) is 18.3. The largest absolute Gasteiger partial charge is 0.508 e. The first-order valence-electron chi connectivity index (χ1n) is 10.6. The Hall–Kier alpha value is -1.69. The van der Waals surface area contributed by atoms with Crippen LogP contribution in [0.2, 0.25) is 0 Å². The second-order valence-corrected chi connectivity index (χ2v) is 9.54. The molecule has 0 radical (unpaired) electrons. The Balaban J connectivity index is 1.14. The van der Waals surface area contributed by atoms with E-state index in [2.05, 4.69) is 4.90 Å². The quantitative estimate of drug-likeness (QED) is 0.858. The van der Waals surface area contributed by atoms with E-state index in [1.807, 2.05) is 0 Å². The highest BCUT2D eigenvalue weighted by Crippen LogP contribution is 2.51. The van der Waals surface area contributed by atoms with Crippen LogP contribution in [0.15, 0.2) is 18.2 Å². The average Bonchev–Trinajstić information content (AvgIpc) is 3.26. The van der Waals surface area contributed by atoms with Crippen molar-refractivity contribution in [3.05, 3.63) is 29.6 Å². The third kappa shape index (κ3) is 3.10. The Kier molecular flexibility index (Phi) is 4.20. The molecule has 1 atom stereocenters. The van der Waals surface area contributed by atoms with E-state index in [4.69, 9.17) is 0 Å². The van der Waals surface area contributed by atoms with Crippen molar-refractivity contribution in [2.24, 2.45) is 5.41 Å². The number of carbonyl (C=O) groups excluding carboxylic acids is 1. The third-order valence-corrected chi connectivity index (χ3v) is 7.56. The van der Waals surface area contributed by atoms with Gasteiger partial charge < -0.3 is 14.9 Å². The molecule has 1 aromatic rings. The van der Waals surface area contributed by atoms with Gasteiger partial charge in [0.05, 0.1) is 0 Å². The van der Waals surface area contributed by atoms with Crippen molar-refractivity contribution in [1.29, 1.82) is 0 Å². The maximum absolute atomic E-state index is 14.0. The predicted molar refractivity (Wildman–Crippen MR) is 101 cm³/mol. The summed E-state index contributed by atoms with van der Waals surface area (Å²) in [5.41, 5.74) is -0.608. The number of likely N-dealkylation sites (tertiary alicyclic amines) is 2. The van der Waals surface area contributed by atoms with E-state index >= 15 is 0 Å². The summed E-state index contributed by atoms with van der Waals surface area (Å²) in [6.07, 6.45) is 5.99. The first-order valence-corrected chi connectivity index (χ1v) is 10.6. The first-order chi connectivity index (χ1) is 13.4. The molecule has 2 aliphatic heterocycles. The van der Waals surface area contributed by atoms with Gasteiger partial charge in [-0.25, -0.2) is 8.78 Å². The maximum atomic E-state index is 14.0. The number of benzene rings is 1. The fourth-order valence-corrected chi connectivity index (χ4v) is 5.72. The number of alkyl halides is 1. The molecule has 0 aromatic heterocycles. The van der Waals surface area contributed by atoms with Crippen LogP contribution in [0, 0.1) is 11.2 Å². The highest BCUT2D eigenvalue weighted by atomic mass is 19.1. The Morgan fingerprint density at radius 3 is 2.50 bits per heavy atom. The number of phenolic OH excluding ortho intramolecular Hbond substituents is 1. The number of nitrogens with zero attached hydrogens (tertiary/aromatic N) is 2. The van der Waals surface area contributed by atoms with Crippen molar-refractivity contribution in [3.63, 3.8) is 0 Å². The molecule has 28 heavy (non-hydrogen) atoms. The van der Waals surface area contributed by atoms with Gasteiger partial charge in [-0.15, -0.1) is 0 Å². The van der Waals surface area contributed by atoms with E-state index in [0.717, 1.165) is 63.8 Å². The summed E-state index contributed by atoms with van der Waals surface area (Å²) in [7, 11) is 0. The van der Waals surface area contributed by atoms with Crippen LogP contribution in [-0.2, 0) is 4.79 Å². The monoisotopic (exact) mass is 390 g/mol. The Bertz CT molecular complexity index is 781. The number of phenols is 1. The zero-order chi connectivity index (χ0) is 19.5. The number of hydrogen-bond donors (Lipinski definition) is 1. The molecule has 2 saturated heterocycles. The van der Waals surface area contributed by atoms with Crippen molar-refractivity contribution < 1.29 is 18.7 Å². The van der Waals surface area contributed by atoms with Gasteiger partial charge in [-0.05, 0) is 87.7 Å². The van der Waals surface area contributed by atoms with Crippen LogP contribution in [0.1, 0.15) is 56.4 Å². The molecule has 6 heteroatoms. The molecule has 1 spiro atoms. The van der Waals surface area contributed by atoms with Crippen LogP contribution in [0.5, 0.6) is 5.75 Å². The van der Waals surface area contributed by atoms with E-state index in [-0.39, 0.29) is 28.8 Å². The summed E-state index contributed by atoms with van der Waals surface area (Å²) in [5, 5.41) is 10.1. The Morgan fingerprint density at radius 2 is 1.82 bits per heavy atom. The zero-order valence-electron chi connectivity index (χ0n) is 16.2. The third-order valence-electron chi connectivity index (χ3n) is 7.56. The molecule has 2 heterocycles. The number of carbonyl (C=O) groups is 1. The molecule has 1 aromatic carbocycles. The highest BCUT2D eigenvalue weighted by molar-refractivity contribution is 5.88. The molecule has 1 N–H and O–H groups in total. The summed E-state index contributed by atoms with van der Waals surface area (Å²) in [5.74, 6) is -0.172. The van der Waals surface area contributed by atoms with Gasteiger partial charge in [0.2, 0.25) is 0 Å². The maximum Gasteiger partial charge on any atom is 0.260 e. The molecule has 5 rings (SSSR count). The van der Waals surface area contributed by atoms with Crippen LogP contribution in [0.25, 0.3) is 0 Å². The zero-order valence-corrected chi connectivity index (χ0v) is 16.2. The second-order valence-electron chi connectivity index (χ2n) is 9.54. The number of halogens is 2. The number of hydrogen-bond acceptors (Lipinski definition) is 3. The van der Waals surface area contributed by atoms with E-state index < -0.39 is 5.67 Å². The van der Waals surface area contributed by atoms with Gasteiger partial charge in [-0.3, -0.25) is 4.79 Å². The van der Waals surface area contributed by atoms with Crippen molar-refractivity contribution >= 4 is 5.91 Å². The number of rotatable bonds is 3. The molecule has 0 bridgehead atoms. The highest BCUT2D eigenvalue weighted by Gasteiger charge is 2.58. The molecule has 152 valence electrons. The lowest BCUT2D eigenvalue weighted by Gasteiger charge is -2.49. The average molecular weight is 390 g/mol. The van der Waals surface area contributed by atoms with Gasteiger partial charge in [0.1, 0.15) is 11.6 Å². The van der Waals surface area contributed by atoms with E-state index in [1.165, 1.54) is 18.2 Å². The number of aromatic hydroxyl groups is 1. The van der Waals surface area contributed by atoms with Crippen molar-refractivity contribution in [2.75, 3.05) is 26.2 Å². The summed E-state index contributed by atoms with van der Waals surface area (Å²) in [6.45, 7) is 3.36. The van der Waals surface area contributed by atoms with Crippen LogP contribution in [0.4, 0.5) is 8.78 Å². The van der Waals surface area contributed by atoms with Crippen molar-refractivity contribution in [2.45, 2.75) is 62.6 Å². The van der Waals surface area contributed by atoms with Gasteiger partial charge >= 0.3 is 0 Å². The molecular weight excluding hydrogens is 362 g/mol. The lowest BCUT2D eigenvalue weighted by Crippen LogP contribution is -2.60. The minimum Gasteiger partial charge on any atom is -0.508 e. The molecular formula is C22H28F2N2O2. The molecule has 2 saturated carbocycles. The lowest BCUT2D eigenvalue weighted by atomic mass is 9.77. The summed E-state index contributed by atoms with van der Waals surface area (Å²) >= 11 is 0. The fraction of sp³-hybridized carbons (Fsp3) is 0.682. The van der Waals surface area contributed by atoms with Gasteiger partial charge in [0, 0.05) is 24.5 Å². The van der Waals surface area contributed by atoms with Gasteiger partial charge in [-0.1, -0.05) is 0 Å². The van der Waals surface area contributed by atoms with E-state index in [0.29, 0.717) is 18.9 Å². The second kappa shape index (κ2) is 6.41. The molecule has 4 nitrogen and oxygen atoms in total. The van der Waals surface area contributed by atoms with Crippen molar-refractivity contribution in [3.8, 4) is 5.75 Å². The van der Waals surface area contributed by atoms with E-state index in [9.17, 15) is 18.7 Å². The van der Waals surface area contributed by atoms with Crippen LogP contribution >= 0.6 is 0 Å². The fourth-order valence-electron chi connectivity index (χ4n) is 5.72. The standard InChI is InChI=1S/C22H28F2N2O2/c23-16-1-2-19(27)18(11-16)15-4-9-25(10-5-15)17-3-6-21(12-17)13-26(14-21)20(28)22(24)7-8-22/h1-2,11,15,17,27H,3-10,12-14H2. The number of amides is 1. The predicted octanol–water partition coefficient (Wildman–Crippen LogP) is 3.59. The molecule has 4 fully saturated rings. The number of piperidine rings is 1. The van der Waals surface area contributed by atoms with Gasteiger partial charge in [-0.2, -0.15) is 0 Å². The molecule has 4 aliphatic rings. The minimum absolute atomic E-state index is 0.195. The summed E-state index contributed by atoms with van der Waals surface area (Å²) < 4.78 is 27.5.